The molecule has 0 fully saturated rings. The molecule has 2 aromatic rings. The van der Waals surface area contributed by atoms with E-state index in [1.165, 1.54) is 6.07 Å². The highest BCUT2D eigenvalue weighted by Crippen LogP contribution is 2.41. The van der Waals surface area contributed by atoms with Gasteiger partial charge in [0, 0.05) is 17.7 Å². The van der Waals surface area contributed by atoms with Crippen LogP contribution in [0.25, 0.3) is 0 Å². The number of fused-ring (bicyclic) bond motifs is 1. The Kier molecular flexibility index (Phi) is 4.56. The Labute approximate surface area is 162 Å². The number of aromatic nitrogens is 1. The molecule has 0 radical (unpaired) electrons. The van der Waals surface area contributed by atoms with Crippen LogP contribution < -0.4 is 22.1 Å². The summed E-state index contributed by atoms with van der Waals surface area (Å²) in [7, 11) is 0. The summed E-state index contributed by atoms with van der Waals surface area (Å²) in [5, 5.41) is 43.7. The van der Waals surface area contributed by atoms with E-state index in [2.05, 4.69) is 20.6 Å². The second-order valence-electron chi connectivity index (χ2n) is 5.74. The molecule has 0 aliphatic carbocycles. The van der Waals surface area contributed by atoms with Gasteiger partial charge in [0.2, 0.25) is 5.96 Å². The predicted octanol–water partition coefficient (Wildman–Crippen LogP) is 0.666. The number of hydrogen-bond donors (Lipinski definition) is 5. The van der Waals surface area contributed by atoms with Crippen molar-refractivity contribution in [1.82, 2.24) is 10.3 Å². The van der Waals surface area contributed by atoms with Crippen molar-refractivity contribution in [2.45, 2.75) is 6.04 Å². The number of non-ortho nitro benzene ring substituents is 1. The standard InChI is InChI=1S/C16H11N9O4/c17-4-9-11(19)10-12(22-16(21-5-18)24-14(10)23-13(9)20)7-2-1-6(25(28)29)3-8(7)15(26)27/h1-3,12H,(H,26,27)(H6,19,20,21,22,23,24). The lowest BCUT2D eigenvalue weighted by molar-refractivity contribution is -0.384. The largest absolute Gasteiger partial charge is 0.478 e. The van der Waals surface area contributed by atoms with Gasteiger partial charge in [-0.05, 0) is 11.6 Å². The maximum Gasteiger partial charge on any atom is 0.336 e. The Balaban J connectivity index is 2.32. The molecule has 2 heterocycles. The van der Waals surface area contributed by atoms with Crippen LogP contribution in [0, 0.1) is 32.9 Å². The quantitative estimate of drug-likeness (QED) is 0.210. The first kappa shape index (κ1) is 18.9. The van der Waals surface area contributed by atoms with Crippen LogP contribution in [0.15, 0.2) is 23.2 Å². The van der Waals surface area contributed by atoms with Gasteiger partial charge in [0.15, 0.2) is 6.19 Å². The first-order valence-corrected chi connectivity index (χ1v) is 7.79. The highest BCUT2D eigenvalue weighted by molar-refractivity contribution is 5.99. The van der Waals surface area contributed by atoms with Crippen molar-refractivity contribution < 1.29 is 14.8 Å². The smallest absolute Gasteiger partial charge is 0.336 e. The molecule has 13 nitrogen and oxygen atoms in total. The summed E-state index contributed by atoms with van der Waals surface area (Å²) in [5.74, 6) is -1.62. The third kappa shape index (κ3) is 3.15. The second kappa shape index (κ2) is 7.01. The Morgan fingerprint density at radius 2 is 2.10 bits per heavy atom. The average Bonchev–Trinajstić information content (AvgIpc) is 2.67. The molecule has 1 unspecified atom stereocenters. The van der Waals surface area contributed by atoms with Crippen LogP contribution in [-0.2, 0) is 0 Å². The molecule has 0 spiro atoms. The number of nitro groups is 1. The third-order valence-electron chi connectivity index (χ3n) is 4.13. The van der Waals surface area contributed by atoms with Crippen molar-refractivity contribution in [3.63, 3.8) is 0 Å². The van der Waals surface area contributed by atoms with Gasteiger partial charge in [-0.1, -0.05) is 0 Å². The zero-order valence-electron chi connectivity index (χ0n) is 14.4. The van der Waals surface area contributed by atoms with Crippen molar-refractivity contribution in [2.75, 3.05) is 16.8 Å². The topological polar surface area (TPSA) is 229 Å². The van der Waals surface area contributed by atoms with E-state index in [0.29, 0.717) is 0 Å². The molecule has 0 amide bonds. The summed E-state index contributed by atoms with van der Waals surface area (Å²) in [4.78, 5) is 30.3. The van der Waals surface area contributed by atoms with E-state index < -0.39 is 28.2 Å². The molecule has 1 aliphatic heterocycles. The number of carboxylic acids is 1. The number of pyridine rings is 1. The lowest BCUT2D eigenvalue weighted by Crippen LogP contribution is -2.33. The molecular weight excluding hydrogens is 382 g/mol. The van der Waals surface area contributed by atoms with Crippen molar-refractivity contribution in [3.05, 3.63) is 50.6 Å². The van der Waals surface area contributed by atoms with Gasteiger partial charge in [-0.15, -0.1) is 0 Å². The molecular formula is C16H11N9O4. The van der Waals surface area contributed by atoms with Crippen molar-refractivity contribution >= 4 is 34.9 Å². The molecule has 29 heavy (non-hydrogen) atoms. The SMILES string of the molecule is N#CNC1=NC(c2ccc([N+](=O)[O-])cc2C(=O)O)c2c(nc(N)c(C#N)c2N)N1. The highest BCUT2D eigenvalue weighted by atomic mass is 16.6. The highest BCUT2D eigenvalue weighted by Gasteiger charge is 2.32. The monoisotopic (exact) mass is 393 g/mol. The van der Waals surface area contributed by atoms with Crippen LogP contribution in [0.3, 0.4) is 0 Å². The summed E-state index contributed by atoms with van der Waals surface area (Å²) in [5.41, 5.74) is 11.0. The zero-order valence-corrected chi connectivity index (χ0v) is 14.4. The fourth-order valence-corrected chi connectivity index (χ4v) is 2.89. The molecule has 0 saturated heterocycles. The van der Waals surface area contributed by atoms with Crippen LogP contribution >= 0.6 is 0 Å². The van der Waals surface area contributed by atoms with Gasteiger partial charge in [0.05, 0.1) is 16.2 Å². The molecule has 13 heteroatoms. The number of nitrogen functional groups attached to an aromatic ring is 2. The Morgan fingerprint density at radius 1 is 1.38 bits per heavy atom. The van der Waals surface area contributed by atoms with Crippen LogP contribution in [-0.4, -0.2) is 26.9 Å². The summed E-state index contributed by atoms with van der Waals surface area (Å²) in [6.45, 7) is 0. The van der Waals surface area contributed by atoms with Gasteiger partial charge < -0.3 is 21.9 Å². The summed E-state index contributed by atoms with van der Waals surface area (Å²) in [6.07, 6.45) is 1.66. The van der Waals surface area contributed by atoms with Gasteiger partial charge in [0.1, 0.15) is 29.3 Å². The minimum Gasteiger partial charge on any atom is -0.478 e. The molecule has 7 N–H and O–H groups in total. The Bertz CT molecular complexity index is 1180. The number of nitrogens with two attached hydrogens (primary N) is 2. The van der Waals surface area contributed by atoms with E-state index in [1.807, 2.05) is 6.07 Å². The van der Waals surface area contributed by atoms with Gasteiger partial charge in [-0.3, -0.25) is 15.4 Å². The van der Waals surface area contributed by atoms with E-state index in [1.54, 1.807) is 6.19 Å². The molecule has 1 aromatic heterocycles. The molecule has 1 aliphatic rings. The summed E-state index contributed by atoms with van der Waals surface area (Å²) < 4.78 is 0. The number of rotatable bonds is 3. The molecule has 0 saturated carbocycles. The first-order chi connectivity index (χ1) is 13.8. The number of aromatic carboxylic acids is 1. The van der Waals surface area contributed by atoms with Crippen molar-refractivity contribution in [2.24, 2.45) is 4.99 Å². The maximum absolute atomic E-state index is 11.7. The number of carboxylic acid groups (broad SMARTS) is 1. The molecule has 3 rings (SSSR count). The minimum absolute atomic E-state index is 0.0465. The number of guanidine groups is 1. The lowest BCUT2D eigenvalue weighted by Gasteiger charge is -2.26. The second-order valence-corrected chi connectivity index (χ2v) is 5.74. The molecule has 0 bridgehead atoms. The molecule has 1 atom stereocenters. The van der Waals surface area contributed by atoms with E-state index in [4.69, 9.17) is 16.7 Å². The van der Waals surface area contributed by atoms with Gasteiger partial charge >= 0.3 is 5.97 Å². The number of aliphatic imine (C=N–C) groups is 1. The predicted molar refractivity (Wildman–Crippen MR) is 99.5 cm³/mol. The number of nitriles is 2. The molecule has 144 valence electrons. The van der Waals surface area contributed by atoms with Gasteiger partial charge in [-0.25, -0.2) is 14.8 Å². The Morgan fingerprint density at radius 3 is 2.69 bits per heavy atom. The fourth-order valence-electron chi connectivity index (χ4n) is 2.89. The zero-order chi connectivity index (χ0) is 21.3. The van der Waals surface area contributed by atoms with Crippen LogP contribution in [0.4, 0.5) is 23.0 Å². The van der Waals surface area contributed by atoms with Crippen molar-refractivity contribution in [1.29, 1.82) is 10.5 Å². The molecule has 1 aromatic carbocycles. The maximum atomic E-state index is 11.7. The van der Waals surface area contributed by atoms with Crippen LogP contribution in [0.2, 0.25) is 0 Å². The van der Waals surface area contributed by atoms with Crippen LogP contribution in [0.1, 0.15) is 33.1 Å². The lowest BCUT2D eigenvalue weighted by atomic mass is 9.91. The number of anilines is 3. The van der Waals surface area contributed by atoms with Crippen LogP contribution in [0.5, 0.6) is 0 Å². The van der Waals surface area contributed by atoms with Crippen molar-refractivity contribution in [3.8, 4) is 12.3 Å². The number of hydrogen-bond acceptors (Lipinski definition) is 11. The van der Waals surface area contributed by atoms with E-state index in [-0.39, 0.29) is 40.0 Å². The first-order valence-electron chi connectivity index (χ1n) is 7.79. The fraction of sp³-hybridized carbons (Fsp3) is 0.0625. The number of nitro benzene ring substituents is 1. The number of nitrogens with zero attached hydrogens (tertiary/aromatic N) is 5. The average molecular weight is 393 g/mol. The Hall–Kier alpha value is -4.91. The third-order valence-corrected chi connectivity index (χ3v) is 4.13. The summed E-state index contributed by atoms with van der Waals surface area (Å²) in [6, 6.07) is 3.91. The van der Waals surface area contributed by atoms with Gasteiger partial charge in [-0.2, -0.15) is 10.5 Å². The van der Waals surface area contributed by atoms with E-state index in [9.17, 15) is 25.3 Å². The summed E-state index contributed by atoms with van der Waals surface area (Å²) >= 11 is 0. The number of nitrogens with one attached hydrogen (secondary N) is 2. The van der Waals surface area contributed by atoms with E-state index in [0.717, 1.165) is 12.1 Å². The van der Waals surface area contributed by atoms with Gasteiger partial charge in [0.25, 0.3) is 5.69 Å². The van der Waals surface area contributed by atoms with E-state index >= 15 is 0 Å². The normalized spacial score (nSPS) is 14.4. The number of carbonyl (C=O) groups is 1. The number of benzene rings is 1. The minimum atomic E-state index is -1.43.